The first kappa shape index (κ1) is 21.9. The van der Waals surface area contributed by atoms with Crippen molar-refractivity contribution in [2.45, 2.75) is 37.1 Å². The normalized spacial score (nSPS) is 15.2. The van der Waals surface area contributed by atoms with E-state index in [0.29, 0.717) is 25.5 Å². The van der Waals surface area contributed by atoms with E-state index in [2.05, 4.69) is 15.4 Å². The molecule has 0 bridgehead atoms. The number of nitro groups is 1. The third-order valence-corrected chi connectivity index (χ3v) is 7.29. The molecule has 11 heteroatoms. The van der Waals surface area contributed by atoms with Crippen molar-refractivity contribution in [2.75, 3.05) is 18.4 Å². The van der Waals surface area contributed by atoms with E-state index in [9.17, 15) is 18.5 Å². The minimum absolute atomic E-state index is 0.0538. The lowest BCUT2D eigenvalue weighted by molar-refractivity contribution is -0.384. The molecule has 1 saturated heterocycles. The zero-order chi connectivity index (χ0) is 22.6. The van der Waals surface area contributed by atoms with Crippen LogP contribution in [0.15, 0.2) is 59.9 Å². The van der Waals surface area contributed by atoms with Gasteiger partial charge in [-0.3, -0.25) is 10.1 Å². The molecule has 0 aliphatic carbocycles. The van der Waals surface area contributed by atoms with Crippen LogP contribution < -0.4 is 5.32 Å². The topological polar surface area (TPSA) is 123 Å². The molecule has 0 radical (unpaired) electrons. The van der Waals surface area contributed by atoms with Crippen LogP contribution in [0.4, 0.5) is 11.4 Å². The summed E-state index contributed by atoms with van der Waals surface area (Å²) in [7, 11) is -3.77. The maximum absolute atomic E-state index is 13.0. The molecule has 1 aromatic carbocycles. The molecule has 1 fully saturated rings. The van der Waals surface area contributed by atoms with Crippen LogP contribution in [0.25, 0.3) is 5.82 Å². The predicted molar refractivity (Wildman–Crippen MR) is 119 cm³/mol. The van der Waals surface area contributed by atoms with E-state index < -0.39 is 14.9 Å². The molecule has 168 valence electrons. The lowest BCUT2D eigenvalue weighted by atomic mass is 10.2. The monoisotopic (exact) mass is 456 g/mol. The van der Waals surface area contributed by atoms with Crippen molar-refractivity contribution in [2.24, 2.45) is 0 Å². The van der Waals surface area contributed by atoms with Crippen LogP contribution in [0, 0.1) is 10.1 Å². The van der Waals surface area contributed by atoms with E-state index >= 15 is 0 Å². The Labute approximate surface area is 186 Å². The molecule has 32 heavy (non-hydrogen) atoms. The first-order valence-electron chi connectivity index (χ1n) is 10.4. The van der Waals surface area contributed by atoms with E-state index in [1.54, 1.807) is 35.4 Å². The van der Waals surface area contributed by atoms with Gasteiger partial charge in [-0.2, -0.15) is 9.40 Å². The fourth-order valence-corrected chi connectivity index (χ4v) is 5.20. The Morgan fingerprint density at radius 1 is 1.09 bits per heavy atom. The lowest BCUT2D eigenvalue weighted by Crippen LogP contribution is -2.32. The summed E-state index contributed by atoms with van der Waals surface area (Å²) in [5.74, 6) is 0.660. The SMILES string of the molecule is O=[N+]([O-])c1cc(S(=O)(=O)N2CCCCCC2)ccc1NCc1ccc(-n2cccn2)nc1. The summed E-state index contributed by atoms with van der Waals surface area (Å²) in [6, 6.07) is 9.47. The largest absolute Gasteiger partial charge is 0.375 e. The third-order valence-electron chi connectivity index (χ3n) is 5.40. The molecule has 0 atom stereocenters. The second-order valence-corrected chi connectivity index (χ2v) is 9.52. The minimum atomic E-state index is -3.77. The number of nitro benzene ring substituents is 1. The second kappa shape index (κ2) is 9.45. The average Bonchev–Trinajstić information content (AvgIpc) is 3.19. The van der Waals surface area contributed by atoms with Gasteiger partial charge in [-0.15, -0.1) is 0 Å². The predicted octanol–water partition coefficient (Wildman–Crippen LogP) is 3.35. The minimum Gasteiger partial charge on any atom is -0.375 e. The Morgan fingerprint density at radius 2 is 1.88 bits per heavy atom. The molecular formula is C21H24N6O4S. The Balaban J connectivity index is 1.51. The smallest absolute Gasteiger partial charge is 0.293 e. The summed E-state index contributed by atoms with van der Waals surface area (Å²) < 4.78 is 29.1. The van der Waals surface area contributed by atoms with Crippen molar-refractivity contribution in [1.29, 1.82) is 0 Å². The summed E-state index contributed by atoms with van der Waals surface area (Å²) in [4.78, 5) is 15.4. The van der Waals surface area contributed by atoms with Crippen molar-refractivity contribution in [3.05, 3.63) is 70.7 Å². The molecule has 1 N–H and O–H groups in total. The zero-order valence-electron chi connectivity index (χ0n) is 17.4. The van der Waals surface area contributed by atoms with Gasteiger partial charge in [0.15, 0.2) is 5.82 Å². The highest BCUT2D eigenvalue weighted by Gasteiger charge is 2.28. The molecule has 1 aliphatic rings. The number of aromatic nitrogens is 3. The Kier molecular flexibility index (Phi) is 6.47. The molecule has 0 unspecified atom stereocenters. The number of rotatable bonds is 7. The van der Waals surface area contributed by atoms with Crippen LogP contribution >= 0.6 is 0 Å². The van der Waals surface area contributed by atoms with Gasteiger partial charge in [-0.1, -0.05) is 18.9 Å². The molecule has 3 aromatic rings. The van der Waals surface area contributed by atoms with Gasteiger partial charge < -0.3 is 5.32 Å². The van der Waals surface area contributed by atoms with Gasteiger partial charge >= 0.3 is 0 Å². The number of hydrogen-bond donors (Lipinski definition) is 1. The van der Waals surface area contributed by atoms with Crippen LogP contribution in [0.2, 0.25) is 0 Å². The van der Waals surface area contributed by atoms with Crippen LogP contribution in [-0.2, 0) is 16.6 Å². The maximum Gasteiger partial charge on any atom is 0.293 e. The van der Waals surface area contributed by atoms with Gasteiger partial charge in [0.25, 0.3) is 5.69 Å². The molecule has 4 rings (SSSR count). The van der Waals surface area contributed by atoms with Crippen LogP contribution in [0.3, 0.4) is 0 Å². The number of benzene rings is 1. The second-order valence-electron chi connectivity index (χ2n) is 7.58. The summed E-state index contributed by atoms with van der Waals surface area (Å²) in [5, 5.41) is 18.8. The molecule has 0 amide bonds. The highest BCUT2D eigenvalue weighted by molar-refractivity contribution is 7.89. The number of anilines is 1. The van der Waals surface area contributed by atoms with Crippen molar-refractivity contribution >= 4 is 21.4 Å². The van der Waals surface area contributed by atoms with Crippen LogP contribution in [0.5, 0.6) is 0 Å². The maximum atomic E-state index is 13.0. The average molecular weight is 457 g/mol. The van der Waals surface area contributed by atoms with Crippen LogP contribution in [-0.4, -0.2) is 45.5 Å². The quantitative estimate of drug-likeness (QED) is 0.427. The van der Waals surface area contributed by atoms with Gasteiger partial charge in [0.2, 0.25) is 10.0 Å². The molecule has 1 aliphatic heterocycles. The summed E-state index contributed by atoms with van der Waals surface area (Å²) >= 11 is 0. The number of sulfonamides is 1. The van der Waals surface area contributed by atoms with Crippen molar-refractivity contribution in [3.8, 4) is 5.82 Å². The van der Waals surface area contributed by atoms with Gasteiger partial charge in [0.05, 0.1) is 9.82 Å². The molecule has 0 spiro atoms. The summed E-state index contributed by atoms with van der Waals surface area (Å²) in [5.41, 5.74) is 0.791. The number of nitrogens with one attached hydrogen (secondary N) is 1. The standard InChI is InChI=1S/C21H24N6O4S/c28-27(29)20-14-18(32(30,31)25-11-3-1-2-4-12-25)7-8-19(20)22-15-17-6-9-21(23-16-17)26-13-5-10-24-26/h5-10,13-14,16,22H,1-4,11-12,15H2. The number of hydrogen-bond acceptors (Lipinski definition) is 7. The van der Waals surface area contributed by atoms with Gasteiger partial charge in [-0.25, -0.2) is 18.1 Å². The fraction of sp³-hybridized carbons (Fsp3) is 0.333. The van der Waals surface area contributed by atoms with Gasteiger partial charge in [0, 0.05) is 44.3 Å². The van der Waals surface area contributed by atoms with E-state index in [-0.39, 0.29) is 16.3 Å². The molecule has 2 aromatic heterocycles. The molecule has 0 saturated carbocycles. The van der Waals surface area contributed by atoms with Gasteiger partial charge in [-0.05, 0) is 42.7 Å². The summed E-state index contributed by atoms with van der Waals surface area (Å²) in [6.45, 7) is 1.18. The van der Waals surface area contributed by atoms with Crippen molar-refractivity contribution < 1.29 is 13.3 Å². The lowest BCUT2D eigenvalue weighted by Gasteiger charge is -2.20. The first-order valence-corrected chi connectivity index (χ1v) is 11.9. The molecular weight excluding hydrogens is 432 g/mol. The molecule has 10 nitrogen and oxygen atoms in total. The Morgan fingerprint density at radius 3 is 2.50 bits per heavy atom. The molecule has 3 heterocycles. The van der Waals surface area contributed by atoms with Crippen molar-refractivity contribution in [1.82, 2.24) is 19.1 Å². The van der Waals surface area contributed by atoms with E-state index in [1.807, 2.05) is 6.07 Å². The Bertz CT molecular complexity index is 1170. The van der Waals surface area contributed by atoms with E-state index in [1.165, 1.54) is 16.4 Å². The zero-order valence-corrected chi connectivity index (χ0v) is 18.2. The Hall–Kier alpha value is -3.31. The van der Waals surface area contributed by atoms with Crippen molar-refractivity contribution in [3.63, 3.8) is 0 Å². The number of nitrogens with zero attached hydrogens (tertiary/aromatic N) is 5. The first-order chi connectivity index (χ1) is 15.4. The summed E-state index contributed by atoms with van der Waals surface area (Å²) in [6.07, 6.45) is 8.69. The fourth-order valence-electron chi connectivity index (χ4n) is 3.66. The highest BCUT2D eigenvalue weighted by Crippen LogP contribution is 2.30. The van der Waals surface area contributed by atoms with E-state index in [4.69, 9.17) is 0 Å². The number of pyridine rings is 1. The van der Waals surface area contributed by atoms with E-state index in [0.717, 1.165) is 37.3 Å². The van der Waals surface area contributed by atoms with Gasteiger partial charge in [0.1, 0.15) is 5.69 Å². The third kappa shape index (κ3) is 4.78. The highest BCUT2D eigenvalue weighted by atomic mass is 32.2. The van der Waals surface area contributed by atoms with Crippen LogP contribution in [0.1, 0.15) is 31.2 Å².